The number of thiocarbonyl (C=S) groups is 1. The molecule has 8 heteroatoms. The van der Waals surface area contributed by atoms with Crippen LogP contribution in [0.1, 0.15) is 36.3 Å². The van der Waals surface area contributed by atoms with E-state index in [0.717, 1.165) is 46.5 Å². The molecular weight excluding hydrogens is 444 g/mol. The Kier molecular flexibility index (Phi) is 5.43. The van der Waals surface area contributed by atoms with Gasteiger partial charge in [-0.2, -0.15) is 0 Å². The molecule has 1 saturated heterocycles. The highest BCUT2D eigenvalue weighted by atomic mass is 32.2. The first-order valence-corrected chi connectivity index (χ1v) is 11.7. The Morgan fingerprint density at radius 1 is 1.25 bits per heavy atom. The van der Waals surface area contributed by atoms with Crippen LogP contribution >= 0.6 is 24.0 Å². The molecule has 5 rings (SSSR count). The summed E-state index contributed by atoms with van der Waals surface area (Å²) in [5.41, 5.74) is 4.60. The van der Waals surface area contributed by atoms with Crippen LogP contribution in [0.2, 0.25) is 0 Å². The minimum atomic E-state index is -1.08. The van der Waals surface area contributed by atoms with Gasteiger partial charge in [-0.05, 0) is 66.4 Å². The minimum Gasteiger partial charge on any atom is -0.497 e. The van der Waals surface area contributed by atoms with Gasteiger partial charge in [0, 0.05) is 23.3 Å². The molecule has 2 aliphatic heterocycles. The van der Waals surface area contributed by atoms with E-state index in [4.69, 9.17) is 22.1 Å². The lowest BCUT2D eigenvalue weighted by molar-refractivity contribution is -0.140. The molecule has 1 N–H and O–H groups in total. The summed E-state index contributed by atoms with van der Waals surface area (Å²) in [4.78, 5) is 27.7. The SMILES string of the molecule is COc1ccc(N2c3ccc(/C=C4\SC(=S)N(CC(=O)O)C4=O)cc3C3CCCC32)cc1. The van der Waals surface area contributed by atoms with Crippen LogP contribution in [0.15, 0.2) is 47.4 Å². The van der Waals surface area contributed by atoms with Crippen molar-refractivity contribution in [3.05, 3.63) is 58.5 Å². The maximum atomic E-state index is 12.6. The number of thioether (sulfide) groups is 1. The number of methoxy groups -OCH3 is 1. The fourth-order valence-corrected chi connectivity index (χ4v) is 6.22. The van der Waals surface area contributed by atoms with E-state index in [-0.39, 0.29) is 10.2 Å². The third-order valence-corrected chi connectivity index (χ3v) is 7.71. The molecule has 2 aromatic rings. The van der Waals surface area contributed by atoms with Gasteiger partial charge in [0.2, 0.25) is 0 Å². The van der Waals surface area contributed by atoms with Gasteiger partial charge in [0.25, 0.3) is 5.91 Å². The second kappa shape index (κ2) is 8.26. The first-order chi connectivity index (χ1) is 15.5. The zero-order chi connectivity index (χ0) is 22.4. The normalized spacial score (nSPS) is 23.1. The van der Waals surface area contributed by atoms with Crippen molar-refractivity contribution in [2.24, 2.45) is 0 Å². The molecule has 1 amide bonds. The monoisotopic (exact) mass is 466 g/mol. The fraction of sp³-hybridized carbons (Fsp3) is 0.292. The van der Waals surface area contributed by atoms with Crippen LogP contribution in [0.4, 0.5) is 11.4 Å². The molecule has 0 spiro atoms. The highest BCUT2D eigenvalue weighted by molar-refractivity contribution is 8.26. The Bertz CT molecular complexity index is 1150. The third-order valence-electron chi connectivity index (χ3n) is 6.34. The summed E-state index contributed by atoms with van der Waals surface area (Å²) in [7, 11) is 1.67. The molecule has 32 heavy (non-hydrogen) atoms. The van der Waals surface area contributed by atoms with Crippen molar-refractivity contribution in [1.29, 1.82) is 0 Å². The highest BCUT2D eigenvalue weighted by Gasteiger charge is 2.42. The van der Waals surface area contributed by atoms with Gasteiger partial charge >= 0.3 is 5.97 Å². The van der Waals surface area contributed by atoms with E-state index in [0.29, 0.717) is 16.9 Å². The maximum absolute atomic E-state index is 12.6. The van der Waals surface area contributed by atoms with Crippen LogP contribution in [0.25, 0.3) is 6.08 Å². The molecule has 1 aliphatic carbocycles. The average Bonchev–Trinajstić information content (AvgIpc) is 3.44. The molecular formula is C24H22N2O4S2. The average molecular weight is 467 g/mol. The zero-order valence-corrected chi connectivity index (χ0v) is 19.1. The predicted molar refractivity (Wildman–Crippen MR) is 129 cm³/mol. The standard InChI is InChI=1S/C24H22N2O4S2/c1-30-16-8-6-15(7-9-16)26-19-4-2-3-17(19)18-11-14(5-10-20(18)26)12-21-23(29)25(13-22(27)28)24(31)32-21/h5-12,17,19H,2-4,13H2,1H3,(H,27,28)/b21-12-. The van der Waals surface area contributed by atoms with Gasteiger partial charge in [-0.25, -0.2) is 0 Å². The lowest BCUT2D eigenvalue weighted by Crippen LogP contribution is -2.33. The smallest absolute Gasteiger partial charge is 0.323 e. The van der Waals surface area contributed by atoms with Crippen LogP contribution in [0, 0.1) is 0 Å². The Morgan fingerprint density at radius 3 is 2.75 bits per heavy atom. The van der Waals surface area contributed by atoms with Crippen molar-refractivity contribution in [1.82, 2.24) is 4.90 Å². The van der Waals surface area contributed by atoms with Crippen molar-refractivity contribution in [2.75, 3.05) is 18.6 Å². The molecule has 1 saturated carbocycles. The Labute approximate surface area is 195 Å². The van der Waals surface area contributed by atoms with E-state index in [2.05, 4.69) is 29.2 Å². The van der Waals surface area contributed by atoms with Gasteiger partial charge in [-0.1, -0.05) is 36.5 Å². The number of carboxylic acids is 1. The molecule has 2 aromatic carbocycles. The number of amides is 1. The number of fused-ring (bicyclic) bond motifs is 3. The van der Waals surface area contributed by atoms with Crippen molar-refractivity contribution < 1.29 is 19.4 Å². The van der Waals surface area contributed by atoms with Crippen LogP contribution in [-0.2, 0) is 9.59 Å². The fourth-order valence-electron chi connectivity index (χ4n) is 4.97. The van der Waals surface area contributed by atoms with E-state index in [1.165, 1.54) is 17.7 Å². The number of hydrogen-bond acceptors (Lipinski definition) is 6. The number of ether oxygens (including phenoxy) is 1. The lowest BCUT2D eigenvalue weighted by atomic mass is 9.96. The second-order valence-electron chi connectivity index (χ2n) is 8.15. The minimum absolute atomic E-state index is 0.284. The quantitative estimate of drug-likeness (QED) is 0.503. The highest BCUT2D eigenvalue weighted by Crippen LogP contribution is 2.52. The maximum Gasteiger partial charge on any atom is 0.323 e. The van der Waals surface area contributed by atoms with Gasteiger partial charge < -0.3 is 14.7 Å². The van der Waals surface area contributed by atoms with E-state index in [1.54, 1.807) is 7.11 Å². The summed E-state index contributed by atoms with van der Waals surface area (Å²) in [5, 5.41) is 9.03. The van der Waals surface area contributed by atoms with Gasteiger partial charge in [-0.3, -0.25) is 14.5 Å². The molecule has 0 bridgehead atoms. The first-order valence-electron chi connectivity index (χ1n) is 10.5. The second-order valence-corrected chi connectivity index (χ2v) is 9.83. The van der Waals surface area contributed by atoms with Crippen molar-refractivity contribution in [2.45, 2.75) is 31.2 Å². The van der Waals surface area contributed by atoms with Gasteiger partial charge in [0.1, 0.15) is 16.6 Å². The number of anilines is 2. The number of rotatable bonds is 5. The van der Waals surface area contributed by atoms with E-state index < -0.39 is 12.5 Å². The number of carbonyl (C=O) groups excluding carboxylic acids is 1. The molecule has 2 fully saturated rings. The molecule has 2 heterocycles. The topological polar surface area (TPSA) is 70.1 Å². The van der Waals surface area contributed by atoms with E-state index in [1.807, 2.05) is 24.3 Å². The molecule has 3 aliphatic rings. The summed E-state index contributed by atoms with van der Waals surface area (Å²) >= 11 is 6.36. The summed E-state index contributed by atoms with van der Waals surface area (Å²) in [6, 6.07) is 14.9. The van der Waals surface area contributed by atoms with Crippen LogP contribution in [-0.4, -0.2) is 45.9 Å². The van der Waals surface area contributed by atoms with E-state index in [9.17, 15) is 9.59 Å². The number of benzene rings is 2. The Hall–Kier alpha value is -2.84. The van der Waals surface area contributed by atoms with Gasteiger partial charge in [0.15, 0.2) is 0 Å². The van der Waals surface area contributed by atoms with Crippen molar-refractivity contribution in [3.8, 4) is 5.75 Å². The van der Waals surface area contributed by atoms with Gasteiger partial charge in [0.05, 0.1) is 12.0 Å². The molecule has 164 valence electrons. The first kappa shape index (κ1) is 21.0. The van der Waals surface area contributed by atoms with Crippen LogP contribution in [0.3, 0.4) is 0 Å². The molecule has 2 atom stereocenters. The van der Waals surface area contributed by atoms with E-state index >= 15 is 0 Å². The molecule has 6 nitrogen and oxygen atoms in total. The number of carbonyl (C=O) groups is 2. The Morgan fingerprint density at radius 2 is 2.03 bits per heavy atom. The summed E-state index contributed by atoms with van der Waals surface area (Å²) in [6.45, 7) is -0.410. The van der Waals surface area contributed by atoms with Crippen molar-refractivity contribution in [3.63, 3.8) is 0 Å². The third kappa shape index (κ3) is 3.57. The number of hydrogen-bond donors (Lipinski definition) is 1. The molecule has 2 unspecified atom stereocenters. The summed E-state index contributed by atoms with van der Waals surface area (Å²) < 4.78 is 5.60. The largest absolute Gasteiger partial charge is 0.497 e. The molecule has 0 aromatic heterocycles. The van der Waals surface area contributed by atoms with Gasteiger partial charge in [-0.15, -0.1) is 0 Å². The number of carboxylic acid groups (broad SMARTS) is 1. The molecule has 0 radical (unpaired) electrons. The summed E-state index contributed by atoms with van der Waals surface area (Å²) in [5.74, 6) is -0.124. The predicted octanol–water partition coefficient (Wildman–Crippen LogP) is 4.77. The zero-order valence-electron chi connectivity index (χ0n) is 17.5. The van der Waals surface area contributed by atoms with Crippen molar-refractivity contribution >= 4 is 57.6 Å². The number of nitrogens with zero attached hydrogens (tertiary/aromatic N) is 2. The summed E-state index contributed by atoms with van der Waals surface area (Å²) in [6.07, 6.45) is 5.31. The van der Waals surface area contributed by atoms with Crippen LogP contribution < -0.4 is 9.64 Å². The number of aliphatic carboxylic acids is 1. The Balaban J connectivity index is 1.47. The lowest BCUT2D eigenvalue weighted by Gasteiger charge is -2.27. The van der Waals surface area contributed by atoms with Crippen LogP contribution in [0.5, 0.6) is 5.75 Å².